The van der Waals surface area contributed by atoms with E-state index in [1.807, 2.05) is 37.3 Å². The molecule has 0 unspecified atom stereocenters. The maximum Gasteiger partial charge on any atom is 0.251 e. The van der Waals surface area contributed by atoms with Crippen molar-refractivity contribution in [1.82, 2.24) is 10.0 Å². The van der Waals surface area contributed by atoms with Crippen LogP contribution in [0.3, 0.4) is 0 Å². The Bertz CT molecular complexity index is 909. The van der Waals surface area contributed by atoms with Gasteiger partial charge in [-0.2, -0.15) is 0 Å². The van der Waals surface area contributed by atoms with E-state index in [4.69, 9.17) is 4.74 Å². The largest absolute Gasteiger partial charge is 0.495 e. The summed E-state index contributed by atoms with van der Waals surface area (Å²) < 4.78 is 32.9. The molecule has 0 aliphatic heterocycles. The molecule has 2 aromatic rings. The minimum atomic E-state index is -3.73. The first-order chi connectivity index (χ1) is 12.9. The minimum absolute atomic E-state index is 0.0133. The number of ether oxygens (including phenoxy) is 1. The van der Waals surface area contributed by atoms with Gasteiger partial charge < -0.3 is 10.1 Å². The van der Waals surface area contributed by atoms with Gasteiger partial charge in [0.15, 0.2) is 0 Å². The molecule has 0 bridgehead atoms. The molecule has 0 saturated heterocycles. The molecule has 0 heterocycles. The zero-order chi connectivity index (χ0) is 19.4. The first-order valence-electron chi connectivity index (χ1n) is 8.94. The summed E-state index contributed by atoms with van der Waals surface area (Å²) in [7, 11) is -2.32. The third-order valence-electron chi connectivity index (χ3n) is 4.55. The average molecular weight is 388 g/mol. The van der Waals surface area contributed by atoms with Gasteiger partial charge in [0.2, 0.25) is 10.0 Å². The van der Waals surface area contributed by atoms with Crippen LogP contribution in [-0.2, 0) is 10.0 Å². The van der Waals surface area contributed by atoms with Gasteiger partial charge in [-0.25, -0.2) is 13.1 Å². The lowest BCUT2D eigenvalue weighted by Gasteiger charge is -2.15. The molecule has 1 atom stereocenters. The Morgan fingerprint density at radius 2 is 1.89 bits per heavy atom. The molecule has 1 saturated carbocycles. The summed E-state index contributed by atoms with van der Waals surface area (Å²) in [6, 6.07) is 14.3. The van der Waals surface area contributed by atoms with Crippen molar-refractivity contribution in [3.63, 3.8) is 0 Å². The van der Waals surface area contributed by atoms with Crippen LogP contribution in [0.2, 0.25) is 0 Å². The first kappa shape index (κ1) is 19.4. The number of sulfonamides is 1. The van der Waals surface area contributed by atoms with E-state index in [0.717, 1.165) is 18.4 Å². The quantitative estimate of drug-likeness (QED) is 0.728. The second-order valence-electron chi connectivity index (χ2n) is 6.78. The zero-order valence-electron chi connectivity index (χ0n) is 15.4. The summed E-state index contributed by atoms with van der Waals surface area (Å²) >= 11 is 0. The van der Waals surface area contributed by atoms with Crippen molar-refractivity contribution in [2.24, 2.45) is 0 Å². The highest BCUT2D eigenvalue weighted by Crippen LogP contribution is 2.28. The highest BCUT2D eigenvalue weighted by atomic mass is 32.2. The van der Waals surface area contributed by atoms with Gasteiger partial charge in [0.1, 0.15) is 10.6 Å². The molecule has 1 fully saturated rings. The maximum atomic E-state index is 12.6. The summed E-state index contributed by atoms with van der Waals surface area (Å²) in [6.45, 7) is 2.48. The molecule has 6 nitrogen and oxygen atoms in total. The summed E-state index contributed by atoms with van der Waals surface area (Å²) in [6.07, 6.45) is 1.66. The van der Waals surface area contributed by atoms with Gasteiger partial charge in [-0.05, 0) is 42.5 Å². The van der Waals surface area contributed by atoms with Gasteiger partial charge in [0.05, 0.1) is 7.11 Å². The molecule has 1 amide bonds. The third kappa shape index (κ3) is 4.87. The Morgan fingerprint density at radius 1 is 1.19 bits per heavy atom. The molecule has 144 valence electrons. The van der Waals surface area contributed by atoms with Crippen LogP contribution >= 0.6 is 0 Å². The minimum Gasteiger partial charge on any atom is -0.495 e. The lowest BCUT2D eigenvalue weighted by atomic mass is 10.0. The number of rotatable bonds is 8. The van der Waals surface area contributed by atoms with Gasteiger partial charge in [0.25, 0.3) is 5.91 Å². The third-order valence-corrected chi connectivity index (χ3v) is 6.09. The van der Waals surface area contributed by atoms with E-state index in [1.165, 1.54) is 19.2 Å². The smallest absolute Gasteiger partial charge is 0.251 e. The van der Waals surface area contributed by atoms with Crippen LogP contribution in [0.4, 0.5) is 0 Å². The lowest BCUT2D eigenvalue weighted by Crippen LogP contribution is -2.29. The summed E-state index contributed by atoms with van der Waals surface area (Å²) in [5.74, 6) is 0.0498. The molecule has 3 rings (SSSR count). The van der Waals surface area contributed by atoms with E-state index in [9.17, 15) is 13.2 Å². The normalized spacial score (nSPS) is 15.2. The molecule has 2 N–H and O–H groups in total. The fourth-order valence-electron chi connectivity index (χ4n) is 2.76. The first-order valence-corrected chi connectivity index (χ1v) is 10.4. The van der Waals surface area contributed by atoms with Crippen LogP contribution < -0.4 is 14.8 Å². The van der Waals surface area contributed by atoms with Gasteiger partial charge in [0, 0.05) is 18.2 Å². The number of benzene rings is 2. The monoisotopic (exact) mass is 388 g/mol. The second-order valence-corrected chi connectivity index (χ2v) is 8.47. The van der Waals surface area contributed by atoms with E-state index in [1.54, 1.807) is 6.07 Å². The number of amides is 1. The van der Waals surface area contributed by atoms with Gasteiger partial charge >= 0.3 is 0 Å². The predicted octanol–water partition coefficient (Wildman–Crippen LogP) is 2.67. The highest BCUT2D eigenvalue weighted by molar-refractivity contribution is 7.89. The molecule has 27 heavy (non-hydrogen) atoms. The molecular weight excluding hydrogens is 364 g/mol. The van der Waals surface area contributed by atoms with Crippen molar-refractivity contribution >= 4 is 15.9 Å². The number of methoxy groups -OCH3 is 1. The van der Waals surface area contributed by atoms with E-state index >= 15 is 0 Å². The Labute approximate surface area is 160 Å². The molecule has 7 heteroatoms. The molecule has 0 spiro atoms. The molecule has 1 aliphatic rings. The number of nitrogens with one attached hydrogen (secondary N) is 2. The Morgan fingerprint density at radius 3 is 2.52 bits per heavy atom. The second kappa shape index (κ2) is 8.10. The molecular formula is C20H24N2O4S. The summed E-state index contributed by atoms with van der Waals surface area (Å²) in [4.78, 5) is 12.5. The number of carbonyl (C=O) groups is 1. The fraction of sp³-hybridized carbons (Fsp3) is 0.350. The van der Waals surface area contributed by atoms with Crippen LogP contribution in [-0.4, -0.2) is 34.0 Å². The van der Waals surface area contributed by atoms with Crippen molar-refractivity contribution in [1.29, 1.82) is 0 Å². The Hall–Kier alpha value is -2.38. The van der Waals surface area contributed by atoms with Crippen molar-refractivity contribution < 1.29 is 17.9 Å². The van der Waals surface area contributed by atoms with Crippen molar-refractivity contribution in [2.75, 3.05) is 13.7 Å². The lowest BCUT2D eigenvalue weighted by molar-refractivity contribution is 0.0951. The van der Waals surface area contributed by atoms with Crippen LogP contribution in [0.25, 0.3) is 0 Å². The van der Waals surface area contributed by atoms with Crippen molar-refractivity contribution in [3.8, 4) is 5.75 Å². The zero-order valence-corrected chi connectivity index (χ0v) is 16.3. The van der Waals surface area contributed by atoms with Gasteiger partial charge in [-0.3, -0.25) is 4.79 Å². The van der Waals surface area contributed by atoms with Crippen LogP contribution in [0.1, 0.15) is 41.6 Å². The predicted molar refractivity (Wildman–Crippen MR) is 104 cm³/mol. The Kier molecular flexibility index (Phi) is 5.82. The Balaban J connectivity index is 1.74. The number of hydrogen-bond donors (Lipinski definition) is 2. The van der Waals surface area contributed by atoms with Gasteiger partial charge in [-0.1, -0.05) is 37.3 Å². The maximum absolute atomic E-state index is 12.6. The molecule has 1 aliphatic carbocycles. The number of hydrogen-bond acceptors (Lipinski definition) is 4. The van der Waals surface area contributed by atoms with E-state index in [0.29, 0.717) is 6.54 Å². The molecule has 0 aromatic heterocycles. The van der Waals surface area contributed by atoms with Gasteiger partial charge in [-0.15, -0.1) is 0 Å². The van der Waals surface area contributed by atoms with E-state index < -0.39 is 10.0 Å². The van der Waals surface area contributed by atoms with Crippen LogP contribution in [0.5, 0.6) is 5.75 Å². The molecule has 2 aromatic carbocycles. The SMILES string of the molecule is COc1ccc(C(=O)NC[C@H](C)c2ccccc2)cc1S(=O)(=O)NC1CC1. The highest BCUT2D eigenvalue weighted by Gasteiger charge is 2.30. The number of carbonyl (C=O) groups excluding carboxylic acids is 1. The summed E-state index contributed by atoms with van der Waals surface area (Å²) in [5, 5.41) is 2.87. The molecule has 0 radical (unpaired) electrons. The van der Waals surface area contributed by atoms with Crippen molar-refractivity contribution in [3.05, 3.63) is 59.7 Å². The van der Waals surface area contributed by atoms with Crippen molar-refractivity contribution in [2.45, 2.75) is 36.6 Å². The van der Waals surface area contributed by atoms with Crippen LogP contribution in [0, 0.1) is 0 Å². The summed E-state index contributed by atoms with van der Waals surface area (Å²) in [5.41, 5.74) is 1.41. The standard InChI is InChI=1S/C20H24N2O4S/c1-14(15-6-4-3-5-7-15)13-21-20(23)16-8-11-18(26-2)19(12-16)27(24,25)22-17-9-10-17/h3-8,11-12,14,17,22H,9-10,13H2,1-2H3,(H,21,23)/t14-/m0/s1. The van der Waals surface area contributed by atoms with E-state index in [2.05, 4.69) is 10.0 Å². The van der Waals surface area contributed by atoms with Crippen LogP contribution in [0.15, 0.2) is 53.4 Å². The fourth-order valence-corrected chi connectivity index (χ4v) is 4.26. The topological polar surface area (TPSA) is 84.5 Å². The van der Waals surface area contributed by atoms with E-state index in [-0.39, 0.29) is 34.1 Å². The average Bonchev–Trinajstić information content (AvgIpc) is 3.49.